The number of hydrogen-bond acceptors (Lipinski definition) is 7. The van der Waals surface area contributed by atoms with Gasteiger partial charge >= 0.3 is 0 Å². The van der Waals surface area contributed by atoms with Gasteiger partial charge in [0, 0.05) is 11.5 Å². The molecule has 2 N–H and O–H groups in total. The van der Waals surface area contributed by atoms with Crippen molar-refractivity contribution in [3.05, 3.63) is 40.2 Å². The van der Waals surface area contributed by atoms with Crippen molar-refractivity contribution < 1.29 is 9.26 Å². The van der Waals surface area contributed by atoms with E-state index in [1.165, 1.54) is 0 Å². The van der Waals surface area contributed by atoms with Gasteiger partial charge in [0.15, 0.2) is 5.82 Å². The Morgan fingerprint density at radius 2 is 2.08 bits per heavy atom. The molecule has 0 saturated carbocycles. The van der Waals surface area contributed by atoms with Crippen LogP contribution >= 0.6 is 11.3 Å². The van der Waals surface area contributed by atoms with Gasteiger partial charge < -0.3 is 15.0 Å². The fourth-order valence-electron chi connectivity index (χ4n) is 2.97. The first kappa shape index (κ1) is 16.8. The molecule has 0 aliphatic carbocycles. The number of aryl methyl sites for hydroxylation is 3. The smallest absolute Gasteiger partial charge is 0.151 e. The number of fused-ring (bicyclic) bond motifs is 3. The lowest BCUT2D eigenvalue weighted by molar-refractivity contribution is 0.302. The largest absolute Gasteiger partial charge is 0.489 e. The van der Waals surface area contributed by atoms with Gasteiger partial charge in [-0.25, -0.2) is 9.97 Å². The van der Waals surface area contributed by atoms with Gasteiger partial charge in [0.05, 0.1) is 26.5 Å². The van der Waals surface area contributed by atoms with Crippen molar-refractivity contribution in [2.75, 3.05) is 5.73 Å². The SMILES string of the molecule is CCCc1nc2c(N)nc3cc(OCc4c(C)noc4C)ccc3c2s1. The molecule has 0 aliphatic heterocycles. The van der Waals surface area contributed by atoms with Crippen LogP contribution in [0.1, 0.15) is 35.4 Å². The Kier molecular flexibility index (Phi) is 4.24. The summed E-state index contributed by atoms with van der Waals surface area (Å²) in [5, 5.41) is 6.11. The molecule has 0 unspecified atom stereocenters. The van der Waals surface area contributed by atoms with Crippen molar-refractivity contribution in [1.29, 1.82) is 0 Å². The molecule has 4 aromatic rings. The van der Waals surface area contributed by atoms with Gasteiger partial charge in [0.2, 0.25) is 0 Å². The van der Waals surface area contributed by atoms with Gasteiger partial charge in [0.1, 0.15) is 23.6 Å². The third-order valence-electron chi connectivity index (χ3n) is 4.40. The molecular formula is C19H20N4O2S. The molecule has 3 aromatic heterocycles. The summed E-state index contributed by atoms with van der Waals surface area (Å²) in [5.74, 6) is 1.98. The number of rotatable bonds is 5. The quantitative estimate of drug-likeness (QED) is 0.555. The van der Waals surface area contributed by atoms with Crippen molar-refractivity contribution in [3.8, 4) is 5.75 Å². The second kappa shape index (κ2) is 6.57. The minimum atomic E-state index is 0.408. The van der Waals surface area contributed by atoms with Gasteiger partial charge in [-0.15, -0.1) is 11.3 Å². The molecule has 0 radical (unpaired) electrons. The summed E-state index contributed by atoms with van der Waals surface area (Å²) in [6.07, 6.45) is 2.02. The van der Waals surface area contributed by atoms with Crippen molar-refractivity contribution >= 4 is 38.3 Å². The first-order valence-electron chi connectivity index (χ1n) is 8.60. The van der Waals surface area contributed by atoms with E-state index in [0.717, 1.165) is 61.7 Å². The summed E-state index contributed by atoms with van der Waals surface area (Å²) in [6.45, 7) is 6.35. The molecule has 4 rings (SSSR count). The number of thiazole rings is 1. The maximum atomic E-state index is 6.14. The zero-order valence-corrected chi connectivity index (χ0v) is 15.8. The summed E-state index contributed by atoms with van der Waals surface area (Å²) in [5.41, 5.74) is 9.58. The average Bonchev–Trinajstić information content (AvgIpc) is 3.18. The molecule has 0 aliphatic rings. The van der Waals surface area contributed by atoms with Crippen molar-refractivity contribution in [1.82, 2.24) is 15.1 Å². The van der Waals surface area contributed by atoms with Crippen LogP contribution in [0, 0.1) is 13.8 Å². The molecule has 6 nitrogen and oxygen atoms in total. The summed E-state index contributed by atoms with van der Waals surface area (Å²) < 4.78 is 12.2. The predicted octanol–water partition coefficient (Wildman–Crippen LogP) is 4.56. The van der Waals surface area contributed by atoms with Crippen LogP contribution in [0.3, 0.4) is 0 Å². The number of nitrogen functional groups attached to an aromatic ring is 1. The van der Waals surface area contributed by atoms with Crippen LogP contribution in [0.2, 0.25) is 0 Å². The maximum absolute atomic E-state index is 6.14. The van der Waals surface area contributed by atoms with Gasteiger partial charge in [-0.2, -0.15) is 0 Å². The zero-order chi connectivity index (χ0) is 18.3. The van der Waals surface area contributed by atoms with Crippen LogP contribution in [0.4, 0.5) is 5.82 Å². The molecule has 0 amide bonds. The summed E-state index contributed by atoms with van der Waals surface area (Å²) in [4.78, 5) is 9.18. The standard InChI is InChI=1S/C19H20N4O2S/c1-4-5-16-22-17-18(26-16)13-7-6-12(8-15(13)21-19(17)20)24-9-14-10(2)23-25-11(14)3/h6-8H,4-5,9H2,1-3H3,(H2,20,21). The highest BCUT2D eigenvalue weighted by molar-refractivity contribution is 7.19. The number of ether oxygens (including phenoxy) is 1. The van der Waals surface area contributed by atoms with E-state index in [4.69, 9.17) is 15.0 Å². The lowest BCUT2D eigenvalue weighted by atomic mass is 10.2. The Balaban J connectivity index is 1.69. The van der Waals surface area contributed by atoms with Crippen LogP contribution in [0.25, 0.3) is 21.1 Å². The summed E-state index contributed by atoms with van der Waals surface area (Å²) in [6, 6.07) is 5.90. The number of aromatic nitrogens is 3. The van der Waals surface area contributed by atoms with Crippen molar-refractivity contribution in [2.45, 2.75) is 40.2 Å². The fourth-order valence-corrected chi connectivity index (χ4v) is 4.18. The molecular weight excluding hydrogens is 348 g/mol. The maximum Gasteiger partial charge on any atom is 0.151 e. The minimum Gasteiger partial charge on any atom is -0.489 e. The second-order valence-corrected chi connectivity index (χ2v) is 7.39. The monoisotopic (exact) mass is 368 g/mol. The lowest BCUT2D eigenvalue weighted by Gasteiger charge is -2.07. The molecule has 26 heavy (non-hydrogen) atoms. The Labute approximate surface area is 155 Å². The van der Waals surface area contributed by atoms with Gasteiger partial charge in [-0.1, -0.05) is 12.1 Å². The van der Waals surface area contributed by atoms with Crippen molar-refractivity contribution in [2.24, 2.45) is 0 Å². The van der Waals surface area contributed by atoms with E-state index in [1.54, 1.807) is 11.3 Å². The molecule has 0 atom stereocenters. The third kappa shape index (κ3) is 2.88. The van der Waals surface area contributed by atoms with Crippen LogP contribution in [-0.4, -0.2) is 15.1 Å². The van der Waals surface area contributed by atoms with Gasteiger partial charge in [-0.05, 0) is 38.8 Å². The Hall–Kier alpha value is -2.67. The van der Waals surface area contributed by atoms with E-state index in [-0.39, 0.29) is 0 Å². The number of hydrogen-bond donors (Lipinski definition) is 1. The molecule has 0 bridgehead atoms. The van der Waals surface area contributed by atoms with Gasteiger partial charge in [-0.3, -0.25) is 0 Å². The third-order valence-corrected chi connectivity index (χ3v) is 5.55. The Bertz CT molecular complexity index is 1080. The summed E-state index contributed by atoms with van der Waals surface area (Å²) >= 11 is 1.69. The van der Waals surface area contributed by atoms with E-state index in [2.05, 4.69) is 22.0 Å². The first-order valence-corrected chi connectivity index (χ1v) is 9.41. The number of benzene rings is 1. The first-order chi connectivity index (χ1) is 12.6. The highest BCUT2D eigenvalue weighted by Crippen LogP contribution is 2.34. The molecule has 1 aromatic carbocycles. The molecule has 0 saturated heterocycles. The molecule has 134 valence electrons. The van der Waals surface area contributed by atoms with E-state index in [9.17, 15) is 0 Å². The lowest BCUT2D eigenvalue weighted by Crippen LogP contribution is -1.98. The zero-order valence-electron chi connectivity index (χ0n) is 15.0. The Morgan fingerprint density at radius 1 is 1.23 bits per heavy atom. The van der Waals surface area contributed by atoms with Crippen LogP contribution in [0.15, 0.2) is 22.7 Å². The Morgan fingerprint density at radius 3 is 2.81 bits per heavy atom. The predicted molar refractivity (Wildman–Crippen MR) is 104 cm³/mol. The minimum absolute atomic E-state index is 0.408. The molecule has 0 fully saturated rings. The van der Waals surface area contributed by atoms with E-state index >= 15 is 0 Å². The van der Waals surface area contributed by atoms with Crippen LogP contribution in [0.5, 0.6) is 5.75 Å². The van der Waals surface area contributed by atoms with Crippen molar-refractivity contribution in [3.63, 3.8) is 0 Å². The number of anilines is 1. The highest BCUT2D eigenvalue weighted by Gasteiger charge is 2.14. The molecule has 7 heteroatoms. The number of nitrogens with zero attached hydrogens (tertiary/aromatic N) is 3. The summed E-state index contributed by atoms with van der Waals surface area (Å²) in [7, 11) is 0. The molecule has 0 spiro atoms. The van der Waals surface area contributed by atoms with Gasteiger partial charge in [0.25, 0.3) is 0 Å². The van der Waals surface area contributed by atoms with E-state index < -0.39 is 0 Å². The van der Waals surface area contributed by atoms with Crippen LogP contribution in [-0.2, 0) is 13.0 Å². The molecule has 3 heterocycles. The highest BCUT2D eigenvalue weighted by atomic mass is 32.1. The normalized spacial score (nSPS) is 11.5. The van der Waals surface area contributed by atoms with E-state index in [0.29, 0.717) is 12.4 Å². The van der Waals surface area contributed by atoms with Crippen LogP contribution < -0.4 is 10.5 Å². The average molecular weight is 368 g/mol. The fraction of sp³-hybridized carbons (Fsp3) is 0.316. The topological polar surface area (TPSA) is 87.1 Å². The number of nitrogens with two attached hydrogens (primary N) is 1. The number of pyridine rings is 1. The van der Waals surface area contributed by atoms with E-state index in [1.807, 2.05) is 32.0 Å². The second-order valence-electron chi connectivity index (χ2n) is 6.30.